The molecule has 5 nitrogen and oxygen atoms in total. The van der Waals surface area contributed by atoms with Gasteiger partial charge >= 0.3 is 0 Å². The van der Waals surface area contributed by atoms with Gasteiger partial charge in [0, 0.05) is 43.4 Å². The monoisotopic (exact) mass is 699 g/mol. The normalized spacial score (nSPS) is 11.6. The van der Waals surface area contributed by atoms with E-state index in [-0.39, 0.29) is 0 Å². The van der Waals surface area contributed by atoms with Crippen LogP contribution in [0.5, 0.6) is 0 Å². The van der Waals surface area contributed by atoms with E-state index in [2.05, 4.69) is 159 Å². The lowest BCUT2D eigenvalue weighted by Gasteiger charge is -2.17. The van der Waals surface area contributed by atoms with Crippen molar-refractivity contribution in [1.29, 1.82) is 10.5 Å². The Morgan fingerprint density at radius 3 is 1.38 bits per heavy atom. The Balaban J connectivity index is 1.20. The molecule has 254 valence electrons. The van der Waals surface area contributed by atoms with Gasteiger partial charge in [-0.15, -0.1) is 0 Å². The third-order valence-electron chi connectivity index (χ3n) is 11.1. The number of hydrogen-bond acceptors (Lipinski definition) is 2. The first-order valence-corrected chi connectivity index (χ1v) is 18.3. The second kappa shape index (κ2) is 11.8. The molecule has 0 aliphatic carbocycles. The van der Waals surface area contributed by atoms with E-state index in [1.165, 1.54) is 10.8 Å². The van der Waals surface area contributed by atoms with Crippen molar-refractivity contribution in [1.82, 2.24) is 13.7 Å². The zero-order valence-corrected chi connectivity index (χ0v) is 29.5. The lowest BCUT2D eigenvalue weighted by atomic mass is 9.96. The number of rotatable bonds is 4. The largest absolute Gasteiger partial charge is 0.309 e. The van der Waals surface area contributed by atoms with Crippen LogP contribution in [-0.2, 0) is 0 Å². The summed E-state index contributed by atoms with van der Waals surface area (Å²) in [7, 11) is 0. The number of nitriles is 2. The van der Waals surface area contributed by atoms with E-state index in [1.54, 1.807) is 0 Å². The van der Waals surface area contributed by atoms with E-state index in [0.29, 0.717) is 11.1 Å². The topological polar surface area (TPSA) is 62.4 Å². The number of fused-ring (bicyclic) bond motifs is 9. The fraction of sp³-hybridized carbons (Fsp3) is 0. The van der Waals surface area contributed by atoms with Crippen molar-refractivity contribution in [3.8, 4) is 40.3 Å². The van der Waals surface area contributed by atoms with Gasteiger partial charge in [0.15, 0.2) is 0 Å². The van der Waals surface area contributed by atoms with Crippen LogP contribution in [0.2, 0.25) is 0 Å². The summed E-state index contributed by atoms with van der Waals surface area (Å²) in [5.41, 5.74) is 12.1. The summed E-state index contributed by atoms with van der Waals surface area (Å²) in [6.45, 7) is 0. The molecule has 0 radical (unpaired) electrons. The van der Waals surface area contributed by atoms with Crippen molar-refractivity contribution in [2.75, 3.05) is 0 Å². The summed E-state index contributed by atoms with van der Waals surface area (Å²) >= 11 is 0. The number of benzene rings is 8. The van der Waals surface area contributed by atoms with Crippen LogP contribution in [0.1, 0.15) is 11.1 Å². The van der Waals surface area contributed by atoms with Gasteiger partial charge in [0.1, 0.15) is 6.07 Å². The lowest BCUT2D eigenvalue weighted by Crippen LogP contribution is -2.02. The zero-order chi connectivity index (χ0) is 36.6. The van der Waals surface area contributed by atoms with Crippen molar-refractivity contribution < 1.29 is 0 Å². The van der Waals surface area contributed by atoms with Gasteiger partial charge in [-0.2, -0.15) is 10.5 Å². The van der Waals surface area contributed by atoms with Crippen molar-refractivity contribution >= 4 is 65.4 Å². The van der Waals surface area contributed by atoms with Crippen LogP contribution in [0.3, 0.4) is 0 Å². The van der Waals surface area contributed by atoms with Gasteiger partial charge in [0.2, 0.25) is 0 Å². The third-order valence-corrected chi connectivity index (χ3v) is 11.1. The number of nitrogens with zero attached hydrogens (tertiary/aromatic N) is 5. The quantitative estimate of drug-likeness (QED) is 0.184. The minimum absolute atomic E-state index is 0.582. The zero-order valence-electron chi connectivity index (χ0n) is 29.5. The van der Waals surface area contributed by atoms with E-state index < -0.39 is 0 Å². The van der Waals surface area contributed by atoms with Gasteiger partial charge in [-0.25, -0.2) is 0 Å². The number of para-hydroxylation sites is 5. The SMILES string of the molecule is N#Cc1c(-c2ccccc2-n2c3ccccc3c3c(C#N)cccc32)cccc1-n1c2ccccc2c2c(-n3c4ccccc4c4ccccc43)cccc21. The summed E-state index contributed by atoms with van der Waals surface area (Å²) in [5.74, 6) is 0. The summed E-state index contributed by atoms with van der Waals surface area (Å²) in [5, 5.41) is 27.9. The molecule has 0 saturated carbocycles. The molecule has 0 unspecified atom stereocenters. The standard InChI is InChI=1S/C50H29N5/c51-30-32-14-11-27-46-49(32)37-18-4-9-24-43(37)54(46)40-21-6-1-15-34(40)33-20-12-26-45(39(33)31-52)55-44-25-10-5-19-38(44)50-47(28-13-29-48(50)55)53-41-22-7-2-16-35(41)36-17-3-8-23-42(36)53/h1-29H. The second-order valence-electron chi connectivity index (χ2n) is 13.9. The van der Waals surface area contributed by atoms with E-state index >= 15 is 0 Å². The maximum atomic E-state index is 11.2. The highest BCUT2D eigenvalue weighted by atomic mass is 15.0. The molecule has 0 fully saturated rings. The smallest absolute Gasteiger partial charge is 0.102 e. The van der Waals surface area contributed by atoms with Crippen molar-refractivity contribution in [3.05, 3.63) is 187 Å². The Morgan fingerprint density at radius 1 is 0.309 bits per heavy atom. The van der Waals surface area contributed by atoms with E-state index in [9.17, 15) is 10.5 Å². The van der Waals surface area contributed by atoms with Gasteiger partial charge in [-0.1, -0.05) is 115 Å². The molecule has 0 bridgehead atoms. The molecular weight excluding hydrogens is 671 g/mol. The molecule has 3 heterocycles. The fourth-order valence-electron chi connectivity index (χ4n) is 8.97. The van der Waals surface area contributed by atoms with Crippen LogP contribution >= 0.6 is 0 Å². The fourth-order valence-corrected chi connectivity index (χ4v) is 8.97. The summed E-state index contributed by atoms with van der Waals surface area (Å²) < 4.78 is 6.87. The van der Waals surface area contributed by atoms with Crippen molar-refractivity contribution in [2.45, 2.75) is 0 Å². The summed E-state index contributed by atoms with van der Waals surface area (Å²) in [6.07, 6.45) is 0. The highest BCUT2D eigenvalue weighted by Crippen LogP contribution is 2.43. The average molecular weight is 700 g/mol. The molecule has 11 rings (SSSR count). The first-order valence-electron chi connectivity index (χ1n) is 18.3. The summed E-state index contributed by atoms with van der Waals surface area (Å²) in [4.78, 5) is 0. The Labute approximate surface area is 316 Å². The van der Waals surface area contributed by atoms with E-state index in [1.807, 2.05) is 42.5 Å². The van der Waals surface area contributed by atoms with Gasteiger partial charge in [0.25, 0.3) is 0 Å². The Bertz CT molecular complexity index is 3420. The minimum Gasteiger partial charge on any atom is -0.309 e. The van der Waals surface area contributed by atoms with Crippen LogP contribution in [0.4, 0.5) is 0 Å². The molecule has 5 heteroatoms. The Hall–Kier alpha value is -7.86. The highest BCUT2D eigenvalue weighted by Gasteiger charge is 2.23. The molecule has 0 aliphatic rings. The maximum absolute atomic E-state index is 11.2. The Morgan fingerprint density at radius 2 is 0.727 bits per heavy atom. The third kappa shape index (κ3) is 4.27. The average Bonchev–Trinajstić information content (AvgIpc) is 3.89. The van der Waals surface area contributed by atoms with Crippen molar-refractivity contribution in [2.24, 2.45) is 0 Å². The highest BCUT2D eigenvalue weighted by molar-refractivity contribution is 6.17. The van der Waals surface area contributed by atoms with Crippen LogP contribution in [0.25, 0.3) is 93.6 Å². The first kappa shape index (κ1) is 30.7. The maximum Gasteiger partial charge on any atom is 0.102 e. The van der Waals surface area contributed by atoms with E-state index in [4.69, 9.17) is 0 Å². The molecule has 0 saturated heterocycles. The molecule has 11 aromatic rings. The molecule has 0 N–H and O–H groups in total. The van der Waals surface area contributed by atoms with Gasteiger partial charge < -0.3 is 13.7 Å². The van der Waals surface area contributed by atoms with Gasteiger partial charge in [0.05, 0.1) is 67.4 Å². The number of hydrogen-bond donors (Lipinski definition) is 0. The molecule has 0 spiro atoms. The molecule has 3 aromatic heterocycles. The molecule has 0 atom stereocenters. The summed E-state index contributed by atoms with van der Waals surface area (Å²) in [6, 6.07) is 65.8. The first-order chi connectivity index (χ1) is 27.3. The Kier molecular flexibility index (Phi) is 6.61. The molecule has 0 aliphatic heterocycles. The van der Waals surface area contributed by atoms with Crippen LogP contribution in [0, 0.1) is 22.7 Å². The second-order valence-corrected chi connectivity index (χ2v) is 13.9. The van der Waals surface area contributed by atoms with Crippen LogP contribution in [-0.4, -0.2) is 13.7 Å². The molecule has 0 amide bonds. The van der Waals surface area contributed by atoms with E-state index in [0.717, 1.165) is 82.8 Å². The molecular formula is C50H29N5. The predicted molar refractivity (Wildman–Crippen MR) is 224 cm³/mol. The van der Waals surface area contributed by atoms with Crippen LogP contribution < -0.4 is 0 Å². The van der Waals surface area contributed by atoms with Crippen molar-refractivity contribution in [3.63, 3.8) is 0 Å². The van der Waals surface area contributed by atoms with Gasteiger partial charge in [-0.05, 0) is 60.7 Å². The molecule has 8 aromatic carbocycles. The lowest BCUT2D eigenvalue weighted by molar-refractivity contribution is 1.15. The number of aromatic nitrogens is 3. The minimum atomic E-state index is 0.582. The van der Waals surface area contributed by atoms with Crippen LogP contribution in [0.15, 0.2) is 176 Å². The molecule has 55 heavy (non-hydrogen) atoms. The predicted octanol–water partition coefficient (Wildman–Crippen LogP) is 12.4. The van der Waals surface area contributed by atoms with Gasteiger partial charge in [-0.3, -0.25) is 0 Å².